The molecule has 1 saturated heterocycles. The lowest BCUT2D eigenvalue weighted by atomic mass is 10.0. The number of hydrogen-bond donors (Lipinski definition) is 3. The van der Waals surface area contributed by atoms with Crippen LogP contribution in [-0.4, -0.2) is 24.0 Å². The minimum atomic E-state index is -2.41. The largest absolute Gasteiger partial charge is 0.358 e. The number of alkyl halides is 2. The maximum Gasteiger partial charge on any atom is 0.288 e. The van der Waals surface area contributed by atoms with Gasteiger partial charge in [-0.25, -0.2) is 0 Å². The number of quaternary nitrogens is 1. The molecule has 0 aromatic heterocycles. The van der Waals surface area contributed by atoms with Gasteiger partial charge < -0.3 is 15.5 Å². The highest BCUT2D eigenvalue weighted by molar-refractivity contribution is 7.99. The zero-order valence-corrected chi connectivity index (χ0v) is 17.4. The van der Waals surface area contributed by atoms with E-state index in [1.807, 2.05) is 0 Å². The number of thiocarbonyl (C=S) groups is 1. The highest BCUT2D eigenvalue weighted by atomic mass is 32.2. The van der Waals surface area contributed by atoms with E-state index in [9.17, 15) is 8.78 Å². The van der Waals surface area contributed by atoms with Crippen LogP contribution in [0.3, 0.4) is 0 Å². The topological polar surface area (TPSA) is 28.5 Å². The Kier molecular flexibility index (Phi) is 8.06. The zero-order valence-electron chi connectivity index (χ0n) is 15.7. The molecular formula is C21H26F2N3S2+. The first kappa shape index (κ1) is 21.0. The van der Waals surface area contributed by atoms with Crippen LogP contribution in [0.4, 0.5) is 14.5 Å². The number of anilines is 1. The van der Waals surface area contributed by atoms with Crippen LogP contribution in [0.25, 0.3) is 0 Å². The van der Waals surface area contributed by atoms with E-state index >= 15 is 0 Å². The van der Waals surface area contributed by atoms with Gasteiger partial charge in [0.05, 0.1) is 13.1 Å². The molecule has 2 aromatic rings. The lowest BCUT2D eigenvalue weighted by molar-refractivity contribution is -0.918. The van der Waals surface area contributed by atoms with Gasteiger partial charge in [-0.2, -0.15) is 8.78 Å². The highest BCUT2D eigenvalue weighted by Gasteiger charge is 2.15. The number of rotatable bonds is 7. The third-order valence-electron chi connectivity index (χ3n) is 4.90. The fraction of sp³-hybridized carbons (Fsp3) is 0.381. The summed E-state index contributed by atoms with van der Waals surface area (Å²) >= 11 is 5.93. The quantitative estimate of drug-likeness (QED) is 0.464. The molecule has 0 aliphatic carbocycles. The Morgan fingerprint density at radius 3 is 2.36 bits per heavy atom. The summed E-state index contributed by atoms with van der Waals surface area (Å²) in [5.41, 5.74) is 3.40. The lowest BCUT2D eigenvalue weighted by Gasteiger charge is -2.24. The van der Waals surface area contributed by atoms with Crippen molar-refractivity contribution in [2.24, 2.45) is 0 Å². The summed E-state index contributed by atoms with van der Waals surface area (Å²) in [5.74, 6) is -2.41. The molecule has 3 rings (SSSR count). The van der Waals surface area contributed by atoms with Crippen molar-refractivity contribution >= 4 is 34.8 Å². The van der Waals surface area contributed by atoms with Gasteiger partial charge in [0.2, 0.25) is 0 Å². The summed E-state index contributed by atoms with van der Waals surface area (Å²) in [7, 11) is 0. The smallest absolute Gasteiger partial charge is 0.288 e. The van der Waals surface area contributed by atoms with Gasteiger partial charge in [0, 0.05) is 22.7 Å². The van der Waals surface area contributed by atoms with Crippen molar-refractivity contribution < 1.29 is 13.7 Å². The Bertz CT molecular complexity index is 763. The van der Waals surface area contributed by atoms with Crippen LogP contribution in [0.15, 0.2) is 53.4 Å². The normalized spacial score (nSPS) is 14.8. The van der Waals surface area contributed by atoms with Crippen LogP contribution in [0, 0.1) is 0 Å². The van der Waals surface area contributed by atoms with Gasteiger partial charge in [-0.15, -0.1) is 0 Å². The molecule has 0 radical (unpaired) electrons. The number of likely N-dealkylation sites (tertiary alicyclic amines) is 1. The molecular weight excluding hydrogens is 396 g/mol. The predicted molar refractivity (Wildman–Crippen MR) is 116 cm³/mol. The third-order valence-corrected chi connectivity index (χ3v) is 5.87. The van der Waals surface area contributed by atoms with Crippen molar-refractivity contribution in [3.05, 3.63) is 59.7 Å². The maximum absolute atomic E-state index is 12.4. The van der Waals surface area contributed by atoms with Gasteiger partial charge in [-0.05, 0) is 61.3 Å². The molecule has 0 bridgehead atoms. The molecule has 0 amide bonds. The fourth-order valence-corrected chi connectivity index (χ4v) is 4.16. The van der Waals surface area contributed by atoms with Gasteiger partial charge in [-0.3, -0.25) is 0 Å². The second kappa shape index (κ2) is 10.7. The standard InChI is InChI=1S/C21H25F2N3S2/c22-20(23)28-19-10-8-18(9-11-19)25-21(27)24-14-16-6-2-3-7-17(16)15-26-12-4-1-5-13-26/h2-3,6-11,20H,1,4-5,12-15H2,(H2,24,25,27)/p+1. The van der Waals surface area contributed by atoms with Crippen molar-refractivity contribution in [3.63, 3.8) is 0 Å². The zero-order chi connectivity index (χ0) is 19.8. The summed E-state index contributed by atoms with van der Waals surface area (Å²) in [6.07, 6.45) is 3.99. The van der Waals surface area contributed by atoms with Gasteiger partial charge in [0.25, 0.3) is 5.76 Å². The molecule has 1 fully saturated rings. The summed E-state index contributed by atoms with van der Waals surface area (Å²) < 4.78 is 24.8. The van der Waals surface area contributed by atoms with Crippen LogP contribution < -0.4 is 15.5 Å². The SMILES string of the molecule is FC(F)Sc1ccc(NC(=S)NCc2ccccc2C[NH+]2CCCCC2)cc1. The van der Waals surface area contributed by atoms with Crippen molar-refractivity contribution in [2.45, 2.75) is 43.0 Å². The van der Waals surface area contributed by atoms with Crippen molar-refractivity contribution in [2.75, 3.05) is 18.4 Å². The first-order chi connectivity index (χ1) is 13.6. The van der Waals surface area contributed by atoms with E-state index in [1.54, 1.807) is 29.2 Å². The number of thioether (sulfide) groups is 1. The summed E-state index contributed by atoms with van der Waals surface area (Å²) in [6, 6.07) is 15.3. The first-order valence-corrected chi connectivity index (χ1v) is 10.9. The second-order valence-electron chi connectivity index (χ2n) is 6.97. The van der Waals surface area contributed by atoms with Gasteiger partial charge in [-0.1, -0.05) is 36.0 Å². The summed E-state index contributed by atoms with van der Waals surface area (Å²) in [4.78, 5) is 2.19. The average Bonchev–Trinajstić information content (AvgIpc) is 2.69. The van der Waals surface area contributed by atoms with Crippen LogP contribution >= 0.6 is 24.0 Å². The molecule has 0 spiro atoms. The van der Waals surface area contributed by atoms with E-state index in [0.717, 1.165) is 12.2 Å². The molecule has 150 valence electrons. The van der Waals surface area contributed by atoms with Crippen molar-refractivity contribution in [1.29, 1.82) is 0 Å². The molecule has 1 aliphatic rings. The van der Waals surface area contributed by atoms with Crippen LogP contribution in [-0.2, 0) is 13.1 Å². The van der Waals surface area contributed by atoms with E-state index < -0.39 is 5.76 Å². The van der Waals surface area contributed by atoms with Gasteiger partial charge in [0.1, 0.15) is 6.54 Å². The van der Waals surface area contributed by atoms with E-state index in [4.69, 9.17) is 12.2 Å². The Labute approximate surface area is 174 Å². The van der Waals surface area contributed by atoms with Crippen molar-refractivity contribution in [3.8, 4) is 0 Å². The van der Waals surface area contributed by atoms with Gasteiger partial charge in [0.15, 0.2) is 5.11 Å². The molecule has 3 N–H and O–H groups in total. The predicted octanol–water partition coefficient (Wildman–Crippen LogP) is 4.06. The van der Waals surface area contributed by atoms with E-state index in [1.165, 1.54) is 43.5 Å². The number of piperidine rings is 1. The Morgan fingerprint density at radius 1 is 1.00 bits per heavy atom. The number of halogens is 2. The lowest BCUT2D eigenvalue weighted by Crippen LogP contribution is -3.11. The number of benzene rings is 2. The molecule has 1 aliphatic heterocycles. The van der Waals surface area contributed by atoms with E-state index in [2.05, 4.69) is 34.9 Å². The van der Waals surface area contributed by atoms with Crippen molar-refractivity contribution in [1.82, 2.24) is 5.32 Å². The Morgan fingerprint density at radius 2 is 1.68 bits per heavy atom. The Hall–Kier alpha value is -1.70. The molecule has 1 heterocycles. The summed E-state index contributed by atoms with van der Waals surface area (Å²) in [5, 5.41) is 6.89. The molecule has 0 unspecified atom stereocenters. The van der Waals surface area contributed by atoms with Crippen LogP contribution in [0.1, 0.15) is 30.4 Å². The highest BCUT2D eigenvalue weighted by Crippen LogP contribution is 2.26. The fourth-order valence-electron chi connectivity index (χ4n) is 3.47. The average molecular weight is 423 g/mol. The third kappa shape index (κ3) is 6.72. The minimum absolute atomic E-state index is 0.523. The van der Waals surface area contributed by atoms with Gasteiger partial charge >= 0.3 is 0 Å². The number of nitrogens with one attached hydrogen (secondary N) is 3. The Balaban J connectivity index is 1.51. The molecule has 28 heavy (non-hydrogen) atoms. The van der Waals surface area contributed by atoms with E-state index in [-0.39, 0.29) is 0 Å². The van der Waals surface area contributed by atoms with Crippen LogP contribution in [0.2, 0.25) is 0 Å². The molecule has 0 saturated carbocycles. The monoisotopic (exact) mass is 422 g/mol. The minimum Gasteiger partial charge on any atom is -0.358 e. The molecule has 0 atom stereocenters. The molecule has 2 aromatic carbocycles. The maximum atomic E-state index is 12.4. The molecule has 7 heteroatoms. The molecule has 3 nitrogen and oxygen atoms in total. The van der Waals surface area contributed by atoms with Crippen LogP contribution in [0.5, 0.6) is 0 Å². The second-order valence-corrected chi connectivity index (χ2v) is 8.44. The van der Waals surface area contributed by atoms with E-state index in [0.29, 0.717) is 28.3 Å². The first-order valence-electron chi connectivity index (χ1n) is 9.60. The summed E-state index contributed by atoms with van der Waals surface area (Å²) in [6.45, 7) is 4.22. The number of hydrogen-bond acceptors (Lipinski definition) is 2.